The maximum absolute atomic E-state index is 13.2. The molecule has 92 valence electrons. The van der Waals surface area contributed by atoms with Gasteiger partial charge in [-0.15, -0.1) is 0 Å². The number of methoxy groups -OCH3 is 1. The van der Waals surface area contributed by atoms with Crippen LogP contribution in [0, 0.1) is 5.82 Å². The Labute approximate surface area is 97.6 Å². The first-order valence-electron chi connectivity index (χ1n) is 5.26. The van der Waals surface area contributed by atoms with E-state index in [9.17, 15) is 14.3 Å². The fourth-order valence-electron chi connectivity index (χ4n) is 2.28. The molecule has 17 heavy (non-hydrogen) atoms. The molecule has 0 spiro atoms. The Balaban J connectivity index is 2.44. The summed E-state index contributed by atoms with van der Waals surface area (Å²) in [6, 6.07) is 3.55. The number of phenols is 1. The minimum atomic E-state index is -1.10. The molecule has 0 saturated heterocycles. The molecule has 0 aliphatic heterocycles. The molecule has 0 radical (unpaired) electrons. The van der Waals surface area contributed by atoms with E-state index < -0.39 is 23.3 Å². The molecule has 2 N–H and O–H groups in total. The number of aliphatic carboxylic acids is 1. The molecule has 2 rings (SSSR count). The highest BCUT2D eigenvalue weighted by atomic mass is 19.1. The van der Waals surface area contributed by atoms with Crippen LogP contribution in [0.1, 0.15) is 18.4 Å². The third-order valence-corrected chi connectivity index (χ3v) is 3.25. The van der Waals surface area contributed by atoms with Crippen LogP contribution >= 0.6 is 0 Å². The number of carboxylic acid groups (broad SMARTS) is 1. The monoisotopic (exact) mass is 240 g/mol. The van der Waals surface area contributed by atoms with Gasteiger partial charge in [-0.05, 0) is 31.0 Å². The van der Waals surface area contributed by atoms with Gasteiger partial charge in [-0.3, -0.25) is 0 Å². The molecule has 5 heteroatoms. The molecular weight excluding hydrogens is 227 g/mol. The number of benzene rings is 1. The third kappa shape index (κ3) is 1.86. The maximum Gasteiger partial charge on any atom is 0.333 e. The van der Waals surface area contributed by atoms with Crippen molar-refractivity contribution >= 4 is 5.97 Å². The predicted molar refractivity (Wildman–Crippen MR) is 57.4 cm³/mol. The molecule has 1 saturated carbocycles. The zero-order valence-electron chi connectivity index (χ0n) is 9.31. The third-order valence-electron chi connectivity index (χ3n) is 3.25. The summed E-state index contributed by atoms with van der Waals surface area (Å²) in [4.78, 5) is 11.1. The normalized spacial score (nSPS) is 18.7. The summed E-state index contributed by atoms with van der Waals surface area (Å²) in [6.07, 6.45) is 0.0686. The molecule has 1 unspecified atom stereocenters. The molecule has 1 atom stereocenters. The van der Waals surface area contributed by atoms with Crippen molar-refractivity contribution in [2.75, 3.05) is 7.11 Å². The molecule has 1 aliphatic rings. The highest BCUT2D eigenvalue weighted by molar-refractivity contribution is 5.76. The highest BCUT2D eigenvalue weighted by Crippen LogP contribution is 2.54. The average molecular weight is 240 g/mol. The zero-order valence-corrected chi connectivity index (χ0v) is 9.31. The van der Waals surface area contributed by atoms with E-state index in [1.807, 2.05) is 0 Å². The van der Waals surface area contributed by atoms with Gasteiger partial charge < -0.3 is 14.9 Å². The Hall–Kier alpha value is -1.62. The molecule has 1 fully saturated rings. The van der Waals surface area contributed by atoms with E-state index in [0.29, 0.717) is 18.4 Å². The molecule has 1 aromatic carbocycles. The number of hydrogen-bond donors (Lipinski definition) is 2. The number of aromatic hydroxyl groups is 1. The number of carboxylic acids is 1. The Bertz CT molecular complexity index is 454. The molecule has 0 bridgehead atoms. The van der Waals surface area contributed by atoms with Crippen LogP contribution < -0.4 is 0 Å². The summed E-state index contributed by atoms with van der Waals surface area (Å²) in [5, 5.41) is 18.8. The van der Waals surface area contributed by atoms with E-state index in [1.54, 1.807) is 0 Å². The summed E-state index contributed by atoms with van der Waals surface area (Å²) in [6.45, 7) is 0. The van der Waals surface area contributed by atoms with Crippen molar-refractivity contribution in [3.8, 4) is 5.75 Å². The molecule has 0 amide bonds. The first kappa shape index (κ1) is 11.9. The summed E-state index contributed by atoms with van der Waals surface area (Å²) in [5.74, 6) is -1.69. The van der Waals surface area contributed by atoms with E-state index in [4.69, 9.17) is 9.84 Å². The Kier molecular flexibility index (Phi) is 2.79. The van der Waals surface area contributed by atoms with E-state index in [0.717, 1.165) is 6.07 Å². The average Bonchev–Trinajstić information content (AvgIpc) is 3.03. The first-order valence-corrected chi connectivity index (χ1v) is 5.26. The van der Waals surface area contributed by atoms with Gasteiger partial charge >= 0.3 is 5.97 Å². The van der Waals surface area contributed by atoms with Crippen molar-refractivity contribution in [2.45, 2.75) is 24.4 Å². The Morgan fingerprint density at radius 2 is 2.18 bits per heavy atom. The van der Waals surface area contributed by atoms with Gasteiger partial charge in [-0.1, -0.05) is 0 Å². The van der Waals surface area contributed by atoms with Crippen LogP contribution in [0.4, 0.5) is 4.39 Å². The molecule has 1 aromatic rings. The van der Waals surface area contributed by atoms with Crippen molar-refractivity contribution in [1.29, 1.82) is 0 Å². The second-order valence-electron chi connectivity index (χ2n) is 4.27. The summed E-state index contributed by atoms with van der Waals surface area (Å²) < 4.78 is 18.1. The second kappa shape index (κ2) is 4.00. The minimum absolute atomic E-state index is 0.0906. The van der Waals surface area contributed by atoms with Crippen LogP contribution in [-0.2, 0) is 14.9 Å². The number of phenolic OH excluding ortho intramolecular Hbond substituents is 1. The lowest BCUT2D eigenvalue weighted by Crippen LogP contribution is -2.36. The summed E-state index contributed by atoms with van der Waals surface area (Å²) in [7, 11) is 1.30. The number of hydrogen-bond acceptors (Lipinski definition) is 3. The van der Waals surface area contributed by atoms with Crippen molar-refractivity contribution in [3.63, 3.8) is 0 Å². The lowest BCUT2D eigenvalue weighted by Gasteiger charge is -2.23. The highest BCUT2D eigenvalue weighted by Gasteiger charge is 2.55. The minimum Gasteiger partial charge on any atom is -0.508 e. The van der Waals surface area contributed by atoms with E-state index >= 15 is 0 Å². The van der Waals surface area contributed by atoms with E-state index in [-0.39, 0.29) is 5.75 Å². The van der Waals surface area contributed by atoms with Gasteiger partial charge in [0.25, 0.3) is 0 Å². The smallest absolute Gasteiger partial charge is 0.333 e. The maximum atomic E-state index is 13.2. The molecule has 0 heterocycles. The Morgan fingerprint density at radius 3 is 2.65 bits per heavy atom. The van der Waals surface area contributed by atoms with Crippen molar-refractivity contribution in [1.82, 2.24) is 0 Å². The summed E-state index contributed by atoms with van der Waals surface area (Å²) >= 11 is 0. The van der Waals surface area contributed by atoms with Crippen molar-refractivity contribution in [2.24, 2.45) is 0 Å². The van der Waals surface area contributed by atoms with Gasteiger partial charge in [0.2, 0.25) is 0 Å². The van der Waals surface area contributed by atoms with Crippen LogP contribution in [0.15, 0.2) is 18.2 Å². The number of carbonyl (C=O) groups is 1. The van der Waals surface area contributed by atoms with E-state index in [2.05, 4.69) is 0 Å². The van der Waals surface area contributed by atoms with Crippen LogP contribution in [0.3, 0.4) is 0 Å². The largest absolute Gasteiger partial charge is 0.508 e. The SMILES string of the molecule is COC(C(=O)O)C1(c2cc(F)ccc2O)CC1. The topological polar surface area (TPSA) is 66.8 Å². The Morgan fingerprint density at radius 1 is 1.53 bits per heavy atom. The number of halogens is 1. The van der Waals surface area contributed by atoms with Crippen molar-refractivity contribution in [3.05, 3.63) is 29.6 Å². The fourth-order valence-corrected chi connectivity index (χ4v) is 2.28. The molecule has 0 aromatic heterocycles. The van der Waals surface area contributed by atoms with Crippen LogP contribution in [0.5, 0.6) is 5.75 Å². The molecule has 1 aliphatic carbocycles. The van der Waals surface area contributed by atoms with Gasteiger partial charge in [0.05, 0.1) is 0 Å². The van der Waals surface area contributed by atoms with Crippen LogP contribution in [0.2, 0.25) is 0 Å². The quantitative estimate of drug-likeness (QED) is 0.840. The molecule has 4 nitrogen and oxygen atoms in total. The van der Waals surface area contributed by atoms with E-state index in [1.165, 1.54) is 19.2 Å². The second-order valence-corrected chi connectivity index (χ2v) is 4.27. The zero-order chi connectivity index (χ0) is 12.6. The number of ether oxygens (including phenoxy) is 1. The van der Waals surface area contributed by atoms with Gasteiger partial charge in [-0.2, -0.15) is 0 Å². The number of rotatable bonds is 4. The van der Waals surface area contributed by atoms with Crippen LogP contribution in [0.25, 0.3) is 0 Å². The van der Waals surface area contributed by atoms with Gasteiger partial charge in [0.1, 0.15) is 11.6 Å². The summed E-state index contributed by atoms with van der Waals surface area (Å²) in [5.41, 5.74) is -0.487. The van der Waals surface area contributed by atoms with Crippen molar-refractivity contribution < 1.29 is 24.1 Å². The fraction of sp³-hybridized carbons (Fsp3) is 0.417. The van der Waals surface area contributed by atoms with Gasteiger partial charge in [-0.25, -0.2) is 9.18 Å². The lowest BCUT2D eigenvalue weighted by molar-refractivity contribution is -0.150. The van der Waals surface area contributed by atoms with Gasteiger partial charge in [0.15, 0.2) is 6.10 Å². The predicted octanol–water partition coefficient (Wildman–Crippen LogP) is 1.66. The van der Waals surface area contributed by atoms with Gasteiger partial charge in [0, 0.05) is 18.1 Å². The van der Waals surface area contributed by atoms with Crippen LogP contribution in [-0.4, -0.2) is 29.4 Å². The molecular formula is C12H13FO4. The lowest BCUT2D eigenvalue weighted by atomic mass is 9.89. The first-order chi connectivity index (χ1) is 8.01. The standard InChI is InChI=1S/C12H13FO4/c1-17-10(11(15)16)12(4-5-12)8-6-7(13)2-3-9(8)14/h2-3,6,10,14H,4-5H2,1H3,(H,15,16).